The van der Waals surface area contributed by atoms with E-state index < -0.39 is 30.9 Å². The standard InChI is InChI=1S/C26H32O6/c1-16-7-9-18(10-8-16)5-3-4-6-19-11-13-20(14-12-19)25-31-24-22(27)23(30-26(24)32-25)21-15-28-17(2)29-21/h7-14,17,21-27H,3-6,15H2,1-2H3. The van der Waals surface area contributed by atoms with Crippen LogP contribution in [0.15, 0.2) is 48.5 Å². The van der Waals surface area contributed by atoms with Crippen LogP contribution in [0.2, 0.25) is 0 Å². The van der Waals surface area contributed by atoms with E-state index in [0.717, 1.165) is 24.8 Å². The largest absolute Gasteiger partial charge is 0.387 e. The average Bonchev–Trinajstić information content (AvgIpc) is 3.49. The molecule has 3 fully saturated rings. The van der Waals surface area contributed by atoms with Gasteiger partial charge in [0.2, 0.25) is 0 Å². The Morgan fingerprint density at radius 1 is 0.812 bits per heavy atom. The van der Waals surface area contributed by atoms with Crippen LogP contribution in [0.5, 0.6) is 0 Å². The Labute approximate surface area is 189 Å². The maximum atomic E-state index is 10.7. The third-order valence-electron chi connectivity index (χ3n) is 6.55. The van der Waals surface area contributed by atoms with E-state index >= 15 is 0 Å². The fourth-order valence-electron chi connectivity index (χ4n) is 4.66. The highest BCUT2D eigenvalue weighted by Gasteiger charge is 2.55. The second-order valence-corrected chi connectivity index (χ2v) is 9.04. The van der Waals surface area contributed by atoms with Crippen LogP contribution in [0.3, 0.4) is 0 Å². The summed E-state index contributed by atoms with van der Waals surface area (Å²) >= 11 is 0. The molecule has 2 aromatic carbocycles. The normalized spacial score (nSPS) is 34.2. The summed E-state index contributed by atoms with van der Waals surface area (Å²) in [6.45, 7) is 4.35. The number of aliphatic hydroxyl groups is 1. The van der Waals surface area contributed by atoms with Gasteiger partial charge >= 0.3 is 0 Å². The predicted octanol–water partition coefficient (Wildman–Crippen LogP) is 3.82. The lowest BCUT2D eigenvalue weighted by molar-refractivity contribution is -0.192. The van der Waals surface area contributed by atoms with Crippen LogP contribution in [0.25, 0.3) is 0 Å². The molecule has 0 spiro atoms. The van der Waals surface area contributed by atoms with Crippen LogP contribution < -0.4 is 0 Å². The molecule has 1 N–H and O–H groups in total. The molecule has 0 bridgehead atoms. The zero-order valence-corrected chi connectivity index (χ0v) is 18.7. The Kier molecular flexibility index (Phi) is 6.60. The summed E-state index contributed by atoms with van der Waals surface area (Å²) in [5, 5.41) is 10.7. The molecule has 0 amide bonds. The lowest BCUT2D eigenvalue weighted by atomic mass is 10.0. The maximum Gasteiger partial charge on any atom is 0.190 e. The van der Waals surface area contributed by atoms with E-state index in [1.807, 2.05) is 19.1 Å². The number of fused-ring (bicyclic) bond motifs is 1. The van der Waals surface area contributed by atoms with Gasteiger partial charge in [-0.05, 0) is 50.7 Å². The number of unbranched alkanes of at least 4 members (excludes halogenated alkanes) is 1. The molecule has 6 nitrogen and oxygen atoms in total. The minimum absolute atomic E-state index is 0.285. The monoisotopic (exact) mass is 440 g/mol. The summed E-state index contributed by atoms with van der Waals surface area (Å²) in [7, 11) is 0. The topological polar surface area (TPSA) is 66.4 Å². The Bertz CT molecular complexity index is 882. The van der Waals surface area contributed by atoms with Crippen LogP contribution >= 0.6 is 0 Å². The highest BCUT2D eigenvalue weighted by Crippen LogP contribution is 2.41. The fraction of sp³-hybridized carbons (Fsp3) is 0.538. The summed E-state index contributed by atoms with van der Waals surface area (Å²) in [4.78, 5) is 0. The first-order valence-corrected chi connectivity index (χ1v) is 11.6. The molecule has 3 aliphatic heterocycles. The minimum atomic E-state index is -0.809. The SMILES string of the molecule is Cc1ccc(CCCCc2ccc(C3OC4OC(C5COC(C)O5)C(O)C4O3)cc2)cc1. The third-order valence-corrected chi connectivity index (χ3v) is 6.55. The fourth-order valence-corrected chi connectivity index (χ4v) is 4.66. The number of aryl methyl sites for hydroxylation is 3. The molecule has 6 heteroatoms. The van der Waals surface area contributed by atoms with E-state index in [1.165, 1.54) is 23.1 Å². The van der Waals surface area contributed by atoms with Crippen LogP contribution in [0, 0.1) is 6.92 Å². The third kappa shape index (κ3) is 4.76. The van der Waals surface area contributed by atoms with Crippen molar-refractivity contribution in [3.05, 3.63) is 70.8 Å². The minimum Gasteiger partial charge on any atom is -0.387 e. The number of rotatable bonds is 7. The van der Waals surface area contributed by atoms with Crippen LogP contribution in [0.1, 0.15) is 48.3 Å². The van der Waals surface area contributed by atoms with Gasteiger partial charge in [-0.1, -0.05) is 54.1 Å². The Hall–Kier alpha value is -1.80. The lowest BCUT2D eigenvalue weighted by Crippen LogP contribution is -2.40. The molecule has 0 aromatic heterocycles. The van der Waals surface area contributed by atoms with E-state index in [-0.39, 0.29) is 12.4 Å². The van der Waals surface area contributed by atoms with Gasteiger partial charge < -0.3 is 28.8 Å². The molecular weight excluding hydrogens is 408 g/mol. The first-order valence-electron chi connectivity index (χ1n) is 11.6. The molecule has 7 unspecified atom stereocenters. The van der Waals surface area contributed by atoms with Crippen molar-refractivity contribution in [2.24, 2.45) is 0 Å². The first-order chi connectivity index (χ1) is 15.6. The molecule has 0 saturated carbocycles. The van der Waals surface area contributed by atoms with Crippen molar-refractivity contribution in [1.82, 2.24) is 0 Å². The van der Waals surface area contributed by atoms with Crippen molar-refractivity contribution in [2.75, 3.05) is 6.61 Å². The quantitative estimate of drug-likeness (QED) is 0.661. The second-order valence-electron chi connectivity index (χ2n) is 9.04. The first kappa shape index (κ1) is 22.0. The van der Waals surface area contributed by atoms with Crippen molar-refractivity contribution in [3.63, 3.8) is 0 Å². The summed E-state index contributed by atoms with van der Waals surface area (Å²) in [5.41, 5.74) is 4.95. The van der Waals surface area contributed by atoms with Gasteiger partial charge in [-0.15, -0.1) is 0 Å². The number of ether oxygens (including phenoxy) is 5. The zero-order valence-electron chi connectivity index (χ0n) is 18.7. The summed E-state index contributed by atoms with van der Waals surface area (Å²) in [5.74, 6) is 0. The highest BCUT2D eigenvalue weighted by atomic mass is 16.8. The zero-order chi connectivity index (χ0) is 22.1. The lowest BCUT2D eigenvalue weighted by Gasteiger charge is -2.23. The number of hydrogen-bond donors (Lipinski definition) is 1. The van der Waals surface area contributed by atoms with Gasteiger partial charge in [-0.25, -0.2) is 0 Å². The Morgan fingerprint density at radius 3 is 2.06 bits per heavy atom. The van der Waals surface area contributed by atoms with Crippen molar-refractivity contribution >= 4 is 0 Å². The molecule has 32 heavy (non-hydrogen) atoms. The Balaban J connectivity index is 1.09. The number of aliphatic hydroxyl groups excluding tert-OH is 1. The molecule has 5 rings (SSSR count). The molecule has 0 aliphatic carbocycles. The smallest absolute Gasteiger partial charge is 0.190 e. The van der Waals surface area contributed by atoms with E-state index in [9.17, 15) is 5.11 Å². The van der Waals surface area contributed by atoms with Gasteiger partial charge in [0.15, 0.2) is 18.9 Å². The van der Waals surface area contributed by atoms with Gasteiger partial charge in [0, 0.05) is 5.56 Å². The van der Waals surface area contributed by atoms with Crippen molar-refractivity contribution < 1.29 is 28.8 Å². The van der Waals surface area contributed by atoms with E-state index in [0.29, 0.717) is 6.61 Å². The summed E-state index contributed by atoms with van der Waals surface area (Å²) in [6.07, 6.45) is 0.945. The molecule has 0 radical (unpaired) electrons. The van der Waals surface area contributed by atoms with Gasteiger partial charge in [-0.3, -0.25) is 0 Å². The van der Waals surface area contributed by atoms with Crippen LogP contribution in [0.4, 0.5) is 0 Å². The number of benzene rings is 2. The van der Waals surface area contributed by atoms with Gasteiger partial charge in [0.25, 0.3) is 0 Å². The second kappa shape index (κ2) is 9.59. The molecular formula is C26H32O6. The molecule has 2 aromatic rings. The van der Waals surface area contributed by atoms with Crippen LogP contribution in [-0.2, 0) is 36.5 Å². The highest BCUT2D eigenvalue weighted by molar-refractivity contribution is 5.24. The van der Waals surface area contributed by atoms with Gasteiger partial charge in [0.05, 0.1) is 6.61 Å². The molecule has 172 valence electrons. The Morgan fingerprint density at radius 2 is 1.47 bits per heavy atom. The van der Waals surface area contributed by atoms with E-state index in [4.69, 9.17) is 23.7 Å². The average molecular weight is 441 g/mol. The summed E-state index contributed by atoms with van der Waals surface area (Å²) in [6, 6.07) is 17.1. The molecule has 3 saturated heterocycles. The van der Waals surface area contributed by atoms with Crippen LogP contribution in [-0.4, -0.2) is 48.7 Å². The van der Waals surface area contributed by atoms with Gasteiger partial charge in [-0.2, -0.15) is 0 Å². The van der Waals surface area contributed by atoms with Crippen molar-refractivity contribution in [1.29, 1.82) is 0 Å². The van der Waals surface area contributed by atoms with Crippen molar-refractivity contribution in [2.45, 2.75) is 82.8 Å². The molecule has 3 aliphatic rings. The molecule has 3 heterocycles. The van der Waals surface area contributed by atoms with Gasteiger partial charge in [0.1, 0.15) is 24.4 Å². The summed E-state index contributed by atoms with van der Waals surface area (Å²) < 4.78 is 28.9. The number of hydrogen-bond acceptors (Lipinski definition) is 6. The molecule has 7 atom stereocenters. The maximum absolute atomic E-state index is 10.7. The van der Waals surface area contributed by atoms with E-state index in [2.05, 4.69) is 43.3 Å². The van der Waals surface area contributed by atoms with Crippen molar-refractivity contribution in [3.8, 4) is 0 Å². The predicted molar refractivity (Wildman–Crippen MR) is 118 cm³/mol. The van der Waals surface area contributed by atoms with E-state index in [1.54, 1.807) is 0 Å².